The molecule has 1 aliphatic heterocycles. The molecule has 17 heavy (non-hydrogen) atoms. The summed E-state index contributed by atoms with van der Waals surface area (Å²) in [5, 5.41) is 0. The van der Waals surface area contributed by atoms with E-state index >= 15 is 0 Å². The molecule has 2 rings (SSSR count). The summed E-state index contributed by atoms with van der Waals surface area (Å²) >= 11 is 0. The van der Waals surface area contributed by atoms with Gasteiger partial charge in [0.05, 0.1) is 0 Å². The van der Waals surface area contributed by atoms with Gasteiger partial charge in [0.15, 0.2) is 0 Å². The van der Waals surface area contributed by atoms with Crippen LogP contribution in [-0.4, -0.2) is 55.4 Å². The molecule has 0 aromatic rings. The van der Waals surface area contributed by atoms with Crippen LogP contribution in [0.15, 0.2) is 0 Å². The standard InChI is InChI=1S/C14H26N2O/c1-15-8-5-9-16(11-10-15)12-13-6-3-2-4-7-14(13)17/h13H,2-12H2,1H3. The molecule has 1 atom stereocenters. The van der Waals surface area contributed by atoms with Gasteiger partial charge in [0.25, 0.3) is 0 Å². The van der Waals surface area contributed by atoms with E-state index in [-0.39, 0.29) is 0 Å². The Kier molecular flexibility index (Phi) is 4.99. The number of carbonyl (C=O) groups is 1. The summed E-state index contributed by atoms with van der Waals surface area (Å²) in [4.78, 5) is 16.9. The molecule has 3 heteroatoms. The van der Waals surface area contributed by atoms with Gasteiger partial charge in [-0.1, -0.05) is 12.8 Å². The van der Waals surface area contributed by atoms with Crippen LogP contribution in [0.25, 0.3) is 0 Å². The first-order valence-electron chi connectivity index (χ1n) is 7.19. The normalized spacial score (nSPS) is 29.9. The third-order valence-corrected chi connectivity index (χ3v) is 4.22. The molecule has 0 bridgehead atoms. The molecule has 1 heterocycles. The molecule has 0 amide bonds. The van der Waals surface area contributed by atoms with Crippen LogP contribution >= 0.6 is 0 Å². The van der Waals surface area contributed by atoms with Crippen LogP contribution in [-0.2, 0) is 4.79 Å². The lowest BCUT2D eigenvalue weighted by Crippen LogP contribution is -2.35. The van der Waals surface area contributed by atoms with Gasteiger partial charge in [0.1, 0.15) is 5.78 Å². The van der Waals surface area contributed by atoms with Crippen molar-refractivity contribution in [1.29, 1.82) is 0 Å². The molecule has 0 aromatic heterocycles. The minimum Gasteiger partial charge on any atom is -0.305 e. The largest absolute Gasteiger partial charge is 0.305 e. The second kappa shape index (κ2) is 6.50. The SMILES string of the molecule is CN1CCCN(CC2CCCCCC2=O)CC1. The van der Waals surface area contributed by atoms with Gasteiger partial charge < -0.3 is 9.80 Å². The van der Waals surface area contributed by atoms with Gasteiger partial charge in [0, 0.05) is 32.0 Å². The zero-order valence-corrected chi connectivity index (χ0v) is 11.2. The van der Waals surface area contributed by atoms with E-state index in [1.807, 2.05) is 0 Å². The van der Waals surface area contributed by atoms with Crippen LogP contribution in [0.4, 0.5) is 0 Å². The predicted octanol–water partition coefficient (Wildman–Crippen LogP) is 1.77. The summed E-state index contributed by atoms with van der Waals surface area (Å²) in [6, 6.07) is 0. The van der Waals surface area contributed by atoms with Gasteiger partial charge >= 0.3 is 0 Å². The molecule has 1 aliphatic carbocycles. The van der Waals surface area contributed by atoms with Crippen molar-refractivity contribution in [3.8, 4) is 0 Å². The highest BCUT2D eigenvalue weighted by Gasteiger charge is 2.23. The predicted molar refractivity (Wildman–Crippen MR) is 70.1 cm³/mol. The molecular weight excluding hydrogens is 212 g/mol. The Bertz CT molecular complexity index is 255. The lowest BCUT2D eigenvalue weighted by atomic mass is 9.98. The van der Waals surface area contributed by atoms with Gasteiger partial charge in [-0.2, -0.15) is 0 Å². The lowest BCUT2D eigenvalue weighted by molar-refractivity contribution is -0.123. The molecule has 2 aliphatic rings. The average molecular weight is 238 g/mol. The van der Waals surface area contributed by atoms with E-state index in [0.717, 1.165) is 38.9 Å². The number of hydrogen-bond donors (Lipinski definition) is 0. The minimum atomic E-state index is 0.334. The molecule has 2 fully saturated rings. The number of Topliss-reactive ketones (excluding diaryl/α,β-unsaturated/α-hetero) is 1. The van der Waals surface area contributed by atoms with Gasteiger partial charge in [0.2, 0.25) is 0 Å². The number of nitrogens with zero attached hydrogens (tertiary/aromatic N) is 2. The second-order valence-corrected chi connectivity index (χ2v) is 5.72. The second-order valence-electron chi connectivity index (χ2n) is 5.72. The molecule has 0 N–H and O–H groups in total. The highest BCUT2D eigenvalue weighted by molar-refractivity contribution is 5.81. The van der Waals surface area contributed by atoms with Crippen LogP contribution in [0.3, 0.4) is 0 Å². The summed E-state index contributed by atoms with van der Waals surface area (Å²) < 4.78 is 0. The molecule has 0 aromatic carbocycles. The Morgan fingerprint density at radius 3 is 2.82 bits per heavy atom. The fraction of sp³-hybridized carbons (Fsp3) is 0.929. The van der Waals surface area contributed by atoms with E-state index in [0.29, 0.717) is 11.7 Å². The lowest BCUT2D eigenvalue weighted by Gasteiger charge is -2.24. The molecule has 1 saturated heterocycles. The average Bonchev–Trinajstić information content (AvgIpc) is 2.63. The Labute approximate surface area is 105 Å². The highest BCUT2D eigenvalue weighted by Crippen LogP contribution is 2.21. The molecule has 3 nitrogen and oxygen atoms in total. The molecule has 98 valence electrons. The number of carbonyl (C=O) groups excluding carboxylic acids is 1. The molecule has 0 radical (unpaired) electrons. The van der Waals surface area contributed by atoms with Crippen molar-refractivity contribution in [3.63, 3.8) is 0 Å². The van der Waals surface area contributed by atoms with Crippen LogP contribution < -0.4 is 0 Å². The van der Waals surface area contributed by atoms with E-state index in [1.54, 1.807) is 0 Å². The van der Waals surface area contributed by atoms with Crippen molar-refractivity contribution in [3.05, 3.63) is 0 Å². The Balaban J connectivity index is 1.83. The number of hydrogen-bond acceptors (Lipinski definition) is 3. The van der Waals surface area contributed by atoms with Crippen molar-refractivity contribution in [2.45, 2.75) is 38.5 Å². The minimum absolute atomic E-state index is 0.334. The number of ketones is 1. The molecular formula is C14H26N2O. The topological polar surface area (TPSA) is 23.6 Å². The van der Waals surface area contributed by atoms with Gasteiger partial charge in [-0.05, 0) is 39.4 Å². The van der Waals surface area contributed by atoms with Gasteiger partial charge in [-0.15, -0.1) is 0 Å². The fourth-order valence-electron chi connectivity index (χ4n) is 3.02. The van der Waals surface area contributed by atoms with Crippen molar-refractivity contribution in [1.82, 2.24) is 9.80 Å². The summed E-state index contributed by atoms with van der Waals surface area (Å²) in [7, 11) is 2.19. The fourth-order valence-corrected chi connectivity index (χ4v) is 3.02. The maximum Gasteiger partial charge on any atom is 0.137 e. The number of rotatable bonds is 2. The van der Waals surface area contributed by atoms with Crippen molar-refractivity contribution < 1.29 is 4.79 Å². The Morgan fingerprint density at radius 2 is 1.94 bits per heavy atom. The van der Waals surface area contributed by atoms with Crippen LogP contribution in [0.1, 0.15) is 38.5 Å². The third-order valence-electron chi connectivity index (χ3n) is 4.22. The van der Waals surface area contributed by atoms with E-state index in [4.69, 9.17) is 0 Å². The van der Waals surface area contributed by atoms with Crippen LogP contribution in [0, 0.1) is 5.92 Å². The molecule has 1 unspecified atom stereocenters. The smallest absolute Gasteiger partial charge is 0.137 e. The van der Waals surface area contributed by atoms with Crippen molar-refractivity contribution >= 4 is 5.78 Å². The maximum absolute atomic E-state index is 12.0. The summed E-state index contributed by atoms with van der Waals surface area (Å²) in [5.74, 6) is 0.862. The number of likely N-dealkylation sites (N-methyl/N-ethyl adjacent to an activating group) is 1. The van der Waals surface area contributed by atoms with E-state index in [2.05, 4.69) is 16.8 Å². The first-order valence-corrected chi connectivity index (χ1v) is 7.19. The van der Waals surface area contributed by atoms with Gasteiger partial charge in [-0.25, -0.2) is 0 Å². The van der Waals surface area contributed by atoms with E-state index in [9.17, 15) is 4.79 Å². The third kappa shape index (κ3) is 4.07. The maximum atomic E-state index is 12.0. The molecule has 1 saturated carbocycles. The Morgan fingerprint density at radius 1 is 1.06 bits per heavy atom. The Hall–Kier alpha value is -0.410. The first-order chi connectivity index (χ1) is 8.25. The first kappa shape index (κ1) is 13.0. The summed E-state index contributed by atoms with van der Waals surface area (Å²) in [6.45, 7) is 5.69. The monoisotopic (exact) mass is 238 g/mol. The van der Waals surface area contributed by atoms with E-state index in [1.165, 1.54) is 32.4 Å². The van der Waals surface area contributed by atoms with Crippen LogP contribution in [0.2, 0.25) is 0 Å². The zero-order valence-electron chi connectivity index (χ0n) is 11.2. The quantitative estimate of drug-likeness (QED) is 0.685. The summed E-state index contributed by atoms with van der Waals surface area (Å²) in [6.07, 6.45) is 6.84. The zero-order chi connectivity index (χ0) is 12.1. The highest BCUT2D eigenvalue weighted by atomic mass is 16.1. The van der Waals surface area contributed by atoms with Crippen molar-refractivity contribution in [2.75, 3.05) is 39.8 Å². The van der Waals surface area contributed by atoms with Crippen LogP contribution in [0.5, 0.6) is 0 Å². The van der Waals surface area contributed by atoms with E-state index < -0.39 is 0 Å². The van der Waals surface area contributed by atoms with Crippen molar-refractivity contribution in [2.24, 2.45) is 5.92 Å². The molecule has 0 spiro atoms. The summed E-state index contributed by atoms with van der Waals surface area (Å²) in [5.41, 5.74) is 0. The van der Waals surface area contributed by atoms with Gasteiger partial charge in [-0.3, -0.25) is 4.79 Å².